The fraction of sp³-hybridized carbons (Fsp3) is 0.385. The lowest BCUT2D eigenvalue weighted by Gasteiger charge is -2.13. The average Bonchev–Trinajstić information content (AvgIpc) is 2.54. The Morgan fingerprint density at radius 3 is 2.18 bits per heavy atom. The summed E-state index contributed by atoms with van der Waals surface area (Å²) in [5.41, 5.74) is 0.962. The van der Waals surface area contributed by atoms with Gasteiger partial charge >= 0.3 is 0 Å². The number of carbonyl (C=O) groups is 2. The van der Waals surface area contributed by atoms with E-state index in [1.54, 1.807) is 31.2 Å². The first kappa shape index (κ1) is 11.8. The lowest BCUT2D eigenvalue weighted by molar-refractivity contribution is 0.0643. The third-order valence-corrected chi connectivity index (χ3v) is 2.88. The summed E-state index contributed by atoms with van der Waals surface area (Å²) in [6, 6.07) is 6.85. The summed E-state index contributed by atoms with van der Waals surface area (Å²) in [4.78, 5) is 25.1. The van der Waals surface area contributed by atoms with Gasteiger partial charge in [-0.3, -0.25) is 14.5 Å². The van der Waals surface area contributed by atoms with E-state index >= 15 is 0 Å². The van der Waals surface area contributed by atoms with Crippen LogP contribution in [0.4, 0.5) is 0 Å². The van der Waals surface area contributed by atoms with Crippen molar-refractivity contribution in [3.63, 3.8) is 0 Å². The van der Waals surface area contributed by atoms with Crippen LogP contribution in [0.3, 0.4) is 0 Å². The first-order valence-corrected chi connectivity index (χ1v) is 5.74. The van der Waals surface area contributed by atoms with Gasteiger partial charge in [0.2, 0.25) is 0 Å². The lowest BCUT2D eigenvalue weighted by atomic mass is 10.1. The molecule has 1 aliphatic heterocycles. The van der Waals surface area contributed by atoms with Gasteiger partial charge in [-0.2, -0.15) is 0 Å². The van der Waals surface area contributed by atoms with E-state index in [0.717, 1.165) is 0 Å². The maximum atomic E-state index is 11.9. The van der Waals surface area contributed by atoms with Crippen molar-refractivity contribution in [3.8, 4) is 0 Å². The van der Waals surface area contributed by atoms with Gasteiger partial charge in [0.05, 0.1) is 17.2 Å². The predicted molar refractivity (Wildman–Crippen MR) is 62.7 cm³/mol. The van der Waals surface area contributed by atoms with Crippen molar-refractivity contribution in [3.05, 3.63) is 35.4 Å². The highest BCUT2D eigenvalue weighted by Crippen LogP contribution is 2.22. The molecule has 0 saturated carbocycles. The molecule has 4 nitrogen and oxygen atoms in total. The second-order valence-electron chi connectivity index (χ2n) is 4.30. The number of nitrogens with zero attached hydrogens (tertiary/aromatic N) is 1. The molecule has 1 N–H and O–H groups in total. The van der Waals surface area contributed by atoms with Crippen LogP contribution in [0.25, 0.3) is 0 Å². The van der Waals surface area contributed by atoms with Crippen LogP contribution in [0, 0.1) is 0 Å². The Morgan fingerprint density at radius 2 is 1.71 bits per heavy atom. The molecule has 0 saturated heterocycles. The van der Waals surface area contributed by atoms with Gasteiger partial charge in [0.25, 0.3) is 11.8 Å². The summed E-state index contributed by atoms with van der Waals surface area (Å²) >= 11 is 0. The van der Waals surface area contributed by atoms with Gasteiger partial charge in [-0.15, -0.1) is 0 Å². The molecule has 2 rings (SSSR count). The highest BCUT2D eigenvalue weighted by molar-refractivity contribution is 6.21. The molecule has 0 aliphatic carbocycles. The number of aliphatic hydroxyl groups is 1. The molecular weight excluding hydrogens is 218 g/mol. The van der Waals surface area contributed by atoms with E-state index in [4.69, 9.17) is 5.11 Å². The molecule has 4 heteroatoms. The Kier molecular flexibility index (Phi) is 3.24. The van der Waals surface area contributed by atoms with Crippen LogP contribution in [0.1, 0.15) is 40.5 Å². The molecule has 1 aromatic rings. The Labute approximate surface area is 99.9 Å². The molecule has 1 aromatic carbocycles. The minimum Gasteiger partial charge on any atom is -0.393 e. The smallest absolute Gasteiger partial charge is 0.261 e. The van der Waals surface area contributed by atoms with Crippen molar-refractivity contribution in [2.24, 2.45) is 0 Å². The van der Waals surface area contributed by atoms with Gasteiger partial charge in [0.1, 0.15) is 0 Å². The molecule has 0 unspecified atom stereocenters. The van der Waals surface area contributed by atoms with Crippen molar-refractivity contribution in [2.75, 3.05) is 6.54 Å². The van der Waals surface area contributed by atoms with Gasteiger partial charge in [-0.25, -0.2) is 0 Å². The number of carbonyl (C=O) groups excluding carboxylic acids is 2. The van der Waals surface area contributed by atoms with Crippen molar-refractivity contribution < 1.29 is 14.7 Å². The molecule has 0 spiro atoms. The van der Waals surface area contributed by atoms with Crippen molar-refractivity contribution >= 4 is 11.8 Å². The van der Waals surface area contributed by atoms with E-state index in [2.05, 4.69) is 0 Å². The third kappa shape index (κ3) is 2.22. The first-order valence-electron chi connectivity index (χ1n) is 5.74. The first-order chi connectivity index (χ1) is 8.11. The monoisotopic (exact) mass is 233 g/mol. The normalized spacial score (nSPS) is 16.2. The van der Waals surface area contributed by atoms with Crippen molar-refractivity contribution in [2.45, 2.75) is 25.9 Å². The van der Waals surface area contributed by atoms with E-state index in [1.807, 2.05) is 0 Å². The van der Waals surface area contributed by atoms with Gasteiger partial charge < -0.3 is 5.11 Å². The molecule has 1 atom stereocenters. The van der Waals surface area contributed by atoms with E-state index in [1.165, 1.54) is 4.90 Å². The Bertz CT molecular complexity index is 419. The van der Waals surface area contributed by atoms with Crippen LogP contribution < -0.4 is 0 Å². The topological polar surface area (TPSA) is 57.6 Å². The highest BCUT2D eigenvalue weighted by Gasteiger charge is 2.34. The van der Waals surface area contributed by atoms with E-state index < -0.39 is 6.10 Å². The van der Waals surface area contributed by atoms with Crippen molar-refractivity contribution in [1.82, 2.24) is 4.90 Å². The second-order valence-corrected chi connectivity index (χ2v) is 4.30. The molecule has 0 bridgehead atoms. The number of rotatable bonds is 4. The van der Waals surface area contributed by atoms with Gasteiger partial charge in [-0.1, -0.05) is 12.1 Å². The summed E-state index contributed by atoms with van der Waals surface area (Å²) in [5.74, 6) is -0.451. The summed E-state index contributed by atoms with van der Waals surface area (Å²) in [6.07, 6.45) is 0.821. The SMILES string of the molecule is C[C@@H](O)CCCN1C(=O)c2ccccc2C1=O. The quantitative estimate of drug-likeness (QED) is 0.801. The van der Waals surface area contributed by atoms with Gasteiger partial charge in [-0.05, 0) is 31.9 Å². The Balaban J connectivity index is 2.08. The number of amides is 2. The van der Waals surface area contributed by atoms with Crippen LogP contribution in [0.15, 0.2) is 24.3 Å². The number of aliphatic hydroxyl groups excluding tert-OH is 1. The maximum absolute atomic E-state index is 11.9. The largest absolute Gasteiger partial charge is 0.393 e. The summed E-state index contributed by atoms with van der Waals surface area (Å²) in [5, 5.41) is 9.14. The molecule has 0 fully saturated rings. The summed E-state index contributed by atoms with van der Waals surface area (Å²) in [6.45, 7) is 2.07. The lowest BCUT2D eigenvalue weighted by Crippen LogP contribution is -2.31. The van der Waals surface area contributed by atoms with Gasteiger partial charge in [0.15, 0.2) is 0 Å². The number of benzene rings is 1. The fourth-order valence-electron chi connectivity index (χ4n) is 1.99. The molecule has 1 heterocycles. The number of imide groups is 1. The van der Waals surface area contributed by atoms with Crippen molar-refractivity contribution in [1.29, 1.82) is 0 Å². The van der Waals surface area contributed by atoms with Crippen LogP contribution in [0.2, 0.25) is 0 Å². The molecule has 0 radical (unpaired) electrons. The minimum atomic E-state index is -0.398. The Morgan fingerprint density at radius 1 is 1.18 bits per heavy atom. The summed E-state index contributed by atoms with van der Waals surface area (Å²) < 4.78 is 0. The average molecular weight is 233 g/mol. The van der Waals surface area contributed by atoms with Crippen LogP contribution >= 0.6 is 0 Å². The van der Waals surface area contributed by atoms with Crippen LogP contribution in [-0.2, 0) is 0 Å². The number of hydrogen-bond donors (Lipinski definition) is 1. The molecule has 2 amide bonds. The minimum absolute atomic E-state index is 0.226. The molecule has 90 valence electrons. The predicted octanol–water partition coefficient (Wildman–Crippen LogP) is 1.44. The van der Waals surface area contributed by atoms with E-state index in [-0.39, 0.29) is 11.8 Å². The highest BCUT2D eigenvalue weighted by atomic mass is 16.3. The zero-order chi connectivity index (χ0) is 12.4. The number of fused-ring (bicyclic) bond motifs is 1. The molecule has 1 aliphatic rings. The van der Waals surface area contributed by atoms with E-state index in [9.17, 15) is 9.59 Å². The standard InChI is InChI=1S/C13H15NO3/c1-9(15)5-4-8-14-12(16)10-6-2-3-7-11(10)13(14)17/h2-3,6-7,9,15H,4-5,8H2,1H3/t9-/m1/s1. The van der Waals surface area contributed by atoms with Crippen LogP contribution in [-0.4, -0.2) is 34.5 Å². The van der Waals surface area contributed by atoms with Gasteiger partial charge in [0, 0.05) is 6.54 Å². The zero-order valence-electron chi connectivity index (χ0n) is 9.72. The maximum Gasteiger partial charge on any atom is 0.261 e. The molecule has 17 heavy (non-hydrogen) atoms. The van der Waals surface area contributed by atoms with Crippen LogP contribution in [0.5, 0.6) is 0 Å². The molecule has 0 aromatic heterocycles. The number of hydrogen-bond acceptors (Lipinski definition) is 3. The fourth-order valence-corrected chi connectivity index (χ4v) is 1.99. The summed E-state index contributed by atoms with van der Waals surface area (Å²) in [7, 11) is 0. The second kappa shape index (κ2) is 4.67. The van der Waals surface area contributed by atoms with E-state index in [0.29, 0.717) is 30.5 Å². The Hall–Kier alpha value is -1.68. The zero-order valence-corrected chi connectivity index (χ0v) is 9.72. The third-order valence-electron chi connectivity index (χ3n) is 2.88. The molecular formula is C13H15NO3.